The van der Waals surface area contributed by atoms with Crippen LogP contribution in [-0.4, -0.2) is 15.8 Å². The molecule has 0 radical (unpaired) electrons. The van der Waals surface area contributed by atoms with Crippen LogP contribution in [0.4, 0.5) is 0 Å². The van der Waals surface area contributed by atoms with Gasteiger partial charge in [0.25, 0.3) is 0 Å². The van der Waals surface area contributed by atoms with Crippen molar-refractivity contribution in [1.82, 2.24) is 9.78 Å². The third-order valence-electron chi connectivity index (χ3n) is 3.20. The van der Waals surface area contributed by atoms with Crippen LogP contribution >= 0.6 is 11.6 Å². The highest BCUT2D eigenvalue weighted by Crippen LogP contribution is 2.26. The maximum atomic E-state index is 6.23. The Hall–Kier alpha value is -0.800. The minimum absolute atomic E-state index is 0.340. The van der Waals surface area contributed by atoms with E-state index in [-0.39, 0.29) is 0 Å². The SMILES string of the molecule is Cc1nn(C)c(CC2=CCC(N)CC2)c1Cl. The Balaban J connectivity index is 2.15. The molecule has 16 heavy (non-hydrogen) atoms. The first-order valence-corrected chi connectivity index (χ1v) is 6.07. The van der Waals surface area contributed by atoms with E-state index in [1.54, 1.807) is 0 Å². The van der Waals surface area contributed by atoms with E-state index in [0.717, 1.165) is 42.1 Å². The maximum absolute atomic E-state index is 6.23. The Kier molecular flexibility index (Phi) is 3.36. The maximum Gasteiger partial charge on any atom is 0.0850 e. The molecule has 1 heterocycles. The second kappa shape index (κ2) is 4.60. The molecule has 0 amide bonds. The number of halogens is 1. The zero-order valence-corrected chi connectivity index (χ0v) is 10.6. The Morgan fingerprint density at radius 3 is 2.88 bits per heavy atom. The molecule has 2 N–H and O–H groups in total. The van der Waals surface area contributed by atoms with Crippen molar-refractivity contribution in [1.29, 1.82) is 0 Å². The van der Waals surface area contributed by atoms with Crippen LogP contribution in [0.15, 0.2) is 11.6 Å². The molecule has 0 aliphatic heterocycles. The van der Waals surface area contributed by atoms with Crippen LogP contribution in [0.5, 0.6) is 0 Å². The van der Waals surface area contributed by atoms with Gasteiger partial charge in [-0.05, 0) is 26.2 Å². The van der Waals surface area contributed by atoms with Crippen molar-refractivity contribution in [3.63, 3.8) is 0 Å². The van der Waals surface area contributed by atoms with Crippen molar-refractivity contribution in [3.8, 4) is 0 Å². The average molecular weight is 240 g/mol. The normalized spacial score (nSPS) is 21.0. The van der Waals surface area contributed by atoms with Crippen molar-refractivity contribution < 1.29 is 0 Å². The Morgan fingerprint density at radius 1 is 1.62 bits per heavy atom. The molecule has 3 nitrogen and oxygen atoms in total. The Bertz CT molecular complexity index is 420. The van der Waals surface area contributed by atoms with Gasteiger partial charge in [-0.15, -0.1) is 0 Å². The van der Waals surface area contributed by atoms with Gasteiger partial charge in [0.1, 0.15) is 0 Å². The number of hydrogen-bond acceptors (Lipinski definition) is 2. The predicted octanol–water partition coefficient (Wildman–Crippen LogP) is 2.36. The molecule has 0 saturated heterocycles. The van der Waals surface area contributed by atoms with Gasteiger partial charge in [0.05, 0.1) is 16.4 Å². The van der Waals surface area contributed by atoms with Crippen molar-refractivity contribution >= 4 is 11.6 Å². The van der Waals surface area contributed by atoms with E-state index in [4.69, 9.17) is 17.3 Å². The van der Waals surface area contributed by atoms with Crippen LogP contribution in [0.2, 0.25) is 5.02 Å². The van der Waals surface area contributed by atoms with Gasteiger partial charge in [0.15, 0.2) is 0 Å². The zero-order valence-electron chi connectivity index (χ0n) is 9.83. The molecule has 0 aromatic carbocycles. The first-order chi connectivity index (χ1) is 7.58. The summed E-state index contributed by atoms with van der Waals surface area (Å²) in [6.45, 7) is 1.94. The first-order valence-electron chi connectivity index (χ1n) is 5.69. The fourth-order valence-electron chi connectivity index (χ4n) is 2.16. The molecule has 0 fully saturated rings. The minimum atomic E-state index is 0.340. The van der Waals surface area contributed by atoms with Crippen molar-refractivity contribution in [2.45, 2.75) is 38.6 Å². The van der Waals surface area contributed by atoms with E-state index in [1.807, 2.05) is 18.7 Å². The van der Waals surface area contributed by atoms with E-state index in [2.05, 4.69) is 11.2 Å². The molecule has 1 aromatic heterocycles. The summed E-state index contributed by atoms with van der Waals surface area (Å²) in [4.78, 5) is 0. The third kappa shape index (κ3) is 2.30. The topological polar surface area (TPSA) is 43.8 Å². The molecular weight excluding hydrogens is 222 g/mol. The quantitative estimate of drug-likeness (QED) is 0.806. The van der Waals surface area contributed by atoms with Crippen LogP contribution in [0.3, 0.4) is 0 Å². The summed E-state index contributed by atoms with van der Waals surface area (Å²) in [7, 11) is 1.95. The summed E-state index contributed by atoms with van der Waals surface area (Å²) >= 11 is 6.23. The second-order valence-corrected chi connectivity index (χ2v) is 4.92. The van der Waals surface area contributed by atoms with Crippen LogP contribution < -0.4 is 5.73 Å². The molecule has 88 valence electrons. The molecule has 0 spiro atoms. The van der Waals surface area contributed by atoms with Gasteiger partial charge in [0, 0.05) is 19.5 Å². The van der Waals surface area contributed by atoms with Gasteiger partial charge in [-0.1, -0.05) is 23.3 Å². The molecule has 1 atom stereocenters. The standard InChI is InChI=1S/C12H18ClN3/c1-8-12(13)11(16(2)15-8)7-9-3-5-10(14)6-4-9/h3,10H,4-7,14H2,1-2H3. The van der Waals surface area contributed by atoms with Crippen LogP contribution in [0.1, 0.15) is 30.7 Å². The zero-order chi connectivity index (χ0) is 11.7. The lowest BCUT2D eigenvalue weighted by Gasteiger charge is -2.18. The van der Waals surface area contributed by atoms with Gasteiger partial charge in [-0.2, -0.15) is 5.10 Å². The van der Waals surface area contributed by atoms with E-state index >= 15 is 0 Å². The van der Waals surface area contributed by atoms with Crippen LogP contribution in [0.25, 0.3) is 0 Å². The summed E-state index contributed by atoms with van der Waals surface area (Å²) in [5.74, 6) is 0. The third-order valence-corrected chi connectivity index (χ3v) is 3.69. The lowest BCUT2D eigenvalue weighted by atomic mass is 9.93. The van der Waals surface area contributed by atoms with Crippen molar-refractivity contribution in [2.75, 3.05) is 0 Å². The number of nitrogens with two attached hydrogens (primary N) is 1. The van der Waals surface area contributed by atoms with E-state index in [0.29, 0.717) is 6.04 Å². The second-order valence-electron chi connectivity index (χ2n) is 4.54. The minimum Gasteiger partial charge on any atom is -0.327 e. The summed E-state index contributed by atoms with van der Waals surface area (Å²) in [6, 6.07) is 0.340. The molecule has 0 saturated carbocycles. The average Bonchev–Trinajstić information content (AvgIpc) is 2.48. The number of aromatic nitrogens is 2. The highest BCUT2D eigenvalue weighted by molar-refractivity contribution is 6.31. The van der Waals surface area contributed by atoms with Crippen LogP contribution in [-0.2, 0) is 13.5 Å². The van der Waals surface area contributed by atoms with Gasteiger partial charge < -0.3 is 5.73 Å². The highest BCUT2D eigenvalue weighted by Gasteiger charge is 2.15. The van der Waals surface area contributed by atoms with Gasteiger partial charge in [0.2, 0.25) is 0 Å². The smallest absolute Gasteiger partial charge is 0.0850 e. The highest BCUT2D eigenvalue weighted by atomic mass is 35.5. The molecule has 1 unspecified atom stereocenters. The van der Waals surface area contributed by atoms with Crippen LogP contribution in [0, 0.1) is 6.92 Å². The fraction of sp³-hybridized carbons (Fsp3) is 0.583. The lowest BCUT2D eigenvalue weighted by molar-refractivity contribution is 0.579. The Morgan fingerprint density at radius 2 is 2.38 bits per heavy atom. The van der Waals surface area contributed by atoms with Gasteiger partial charge in [-0.25, -0.2) is 0 Å². The van der Waals surface area contributed by atoms with E-state index in [1.165, 1.54) is 5.57 Å². The molecule has 1 aromatic rings. The largest absolute Gasteiger partial charge is 0.327 e. The molecule has 4 heteroatoms. The monoisotopic (exact) mass is 239 g/mol. The van der Waals surface area contributed by atoms with Gasteiger partial charge in [-0.3, -0.25) is 4.68 Å². The summed E-state index contributed by atoms with van der Waals surface area (Å²) < 4.78 is 1.88. The predicted molar refractivity (Wildman–Crippen MR) is 66.6 cm³/mol. The van der Waals surface area contributed by atoms with E-state index in [9.17, 15) is 0 Å². The Labute approximate surface area is 101 Å². The molecule has 1 aliphatic carbocycles. The summed E-state index contributed by atoms with van der Waals surface area (Å²) in [6.07, 6.45) is 6.32. The van der Waals surface area contributed by atoms with Gasteiger partial charge >= 0.3 is 0 Å². The molecular formula is C12H18ClN3. The number of aryl methyl sites for hydroxylation is 2. The lowest BCUT2D eigenvalue weighted by Crippen LogP contribution is -2.22. The first kappa shape index (κ1) is 11.7. The summed E-state index contributed by atoms with van der Waals surface area (Å²) in [5.41, 5.74) is 9.32. The fourth-order valence-corrected chi connectivity index (χ4v) is 2.38. The van der Waals surface area contributed by atoms with Crippen molar-refractivity contribution in [3.05, 3.63) is 28.1 Å². The molecule has 0 bridgehead atoms. The van der Waals surface area contributed by atoms with Crippen molar-refractivity contribution in [2.24, 2.45) is 12.8 Å². The number of allylic oxidation sites excluding steroid dienone is 1. The molecule has 2 rings (SSSR count). The number of rotatable bonds is 2. The molecule has 1 aliphatic rings. The van der Waals surface area contributed by atoms with E-state index < -0.39 is 0 Å². The number of nitrogens with zero attached hydrogens (tertiary/aromatic N) is 2. The number of hydrogen-bond donors (Lipinski definition) is 1. The summed E-state index contributed by atoms with van der Waals surface area (Å²) in [5, 5.41) is 5.13.